The van der Waals surface area contributed by atoms with Crippen LogP contribution in [0.1, 0.15) is 166 Å². The number of hydrogen-bond donors (Lipinski definition) is 3. The van der Waals surface area contributed by atoms with Crippen molar-refractivity contribution in [3.8, 4) is 90.8 Å². The van der Waals surface area contributed by atoms with E-state index in [1.54, 1.807) is 77.4 Å². The van der Waals surface area contributed by atoms with Crippen molar-refractivity contribution < 1.29 is 96.7 Å². The average molecular weight is 2020 g/mol. The van der Waals surface area contributed by atoms with Gasteiger partial charge in [-0.05, 0) is 296 Å². The Morgan fingerprint density at radius 1 is 0.434 bits per heavy atom. The van der Waals surface area contributed by atoms with Crippen LogP contribution in [0.15, 0.2) is 245 Å². The van der Waals surface area contributed by atoms with Crippen molar-refractivity contribution in [2.45, 2.75) is 199 Å². The first-order chi connectivity index (χ1) is 69.6. The summed E-state index contributed by atoms with van der Waals surface area (Å²) in [6, 6.07) is 65.2. The Balaban J connectivity index is 0.000000122. The highest BCUT2D eigenvalue weighted by molar-refractivity contribution is 7.90. The lowest BCUT2D eigenvalue weighted by Gasteiger charge is -2.30. The van der Waals surface area contributed by atoms with Gasteiger partial charge in [-0.2, -0.15) is 8.61 Å². The minimum Gasteiger partial charge on any atom is -0.454 e. The number of amides is 2. The van der Waals surface area contributed by atoms with Crippen molar-refractivity contribution >= 4 is 65.2 Å². The Bertz CT molecular complexity index is 7410. The molecule has 2 saturated heterocycles. The smallest absolute Gasteiger partial charge is 0.407 e. The molecule has 22 rings (SSSR count). The summed E-state index contributed by atoms with van der Waals surface area (Å²) in [5.41, 5.74) is 19.3. The number of carbonyl (C=O) groups is 6. The van der Waals surface area contributed by atoms with Crippen molar-refractivity contribution in [1.82, 2.24) is 38.6 Å². The molecule has 30 nitrogen and oxygen atoms in total. The molecule has 145 heavy (non-hydrogen) atoms. The molecule has 10 heterocycles. The number of fused-ring (bicyclic) bond motifs is 4. The summed E-state index contributed by atoms with van der Waals surface area (Å²) < 4.78 is 130. The molecule has 33 heteroatoms. The fraction of sp³-hybridized carbons (Fsp3) is 0.339. The number of hydrogen-bond acceptors (Lipinski definition) is 25. The molecule has 10 aliphatic rings. The summed E-state index contributed by atoms with van der Waals surface area (Å²) in [5.74, 6) is 5.94. The van der Waals surface area contributed by atoms with E-state index in [9.17, 15) is 54.0 Å². The second-order valence-electron chi connectivity index (χ2n) is 39.6. The van der Waals surface area contributed by atoms with Crippen LogP contribution in [0.4, 0.5) is 4.79 Å². The third kappa shape index (κ3) is 21.3. The molecule has 4 saturated carbocycles. The molecule has 8 aromatic carbocycles. The van der Waals surface area contributed by atoms with Gasteiger partial charge in [-0.1, -0.05) is 104 Å². The summed E-state index contributed by atoms with van der Waals surface area (Å²) in [4.78, 5) is 96.3. The van der Waals surface area contributed by atoms with Crippen LogP contribution in [0.5, 0.6) is 46.0 Å². The van der Waals surface area contributed by atoms with Crippen LogP contribution in [-0.4, -0.2) is 154 Å². The Morgan fingerprint density at radius 2 is 0.855 bits per heavy atom. The van der Waals surface area contributed by atoms with E-state index in [1.807, 2.05) is 180 Å². The first-order valence-electron chi connectivity index (χ1n) is 48.8. The van der Waals surface area contributed by atoms with E-state index in [0.717, 1.165) is 154 Å². The largest absolute Gasteiger partial charge is 0.454 e. The molecular weight excluding hydrogens is 1900 g/mol. The zero-order valence-corrected chi connectivity index (χ0v) is 84.1. The number of benzene rings is 8. The van der Waals surface area contributed by atoms with Gasteiger partial charge < -0.3 is 53.7 Å². The maximum absolute atomic E-state index is 13.4. The number of nitrogens with zero attached hydrogens (tertiary/aromatic N) is 6. The molecule has 1 unspecified atom stereocenters. The normalized spacial score (nSPS) is 18.0. The number of carbonyl (C=O) groups excluding carboxylic acids is 6. The molecule has 750 valence electrons. The fourth-order valence-corrected chi connectivity index (χ4v) is 23.7. The van der Waals surface area contributed by atoms with Crippen molar-refractivity contribution in [2.75, 3.05) is 53.9 Å². The first kappa shape index (κ1) is 99.6. The van der Waals surface area contributed by atoms with Gasteiger partial charge in [-0.25, -0.2) is 34.8 Å². The highest BCUT2D eigenvalue weighted by atomic mass is 32.2. The molecule has 2 atom stereocenters. The number of primary amides is 1. The van der Waals surface area contributed by atoms with Gasteiger partial charge in [0.15, 0.2) is 46.0 Å². The van der Waals surface area contributed by atoms with E-state index in [1.165, 1.54) is 23.5 Å². The van der Waals surface area contributed by atoms with Gasteiger partial charge in [-0.15, -0.1) is 0 Å². The Morgan fingerprint density at radius 3 is 1.29 bits per heavy atom. The lowest BCUT2D eigenvalue weighted by atomic mass is 9.87. The number of ether oxygens (including phenoxy) is 9. The minimum absolute atomic E-state index is 0.0973. The average Bonchev–Trinajstić information content (AvgIpc) is 1.59. The van der Waals surface area contributed by atoms with Crippen molar-refractivity contribution in [3.63, 3.8) is 0 Å². The van der Waals surface area contributed by atoms with Crippen molar-refractivity contribution in [1.29, 1.82) is 0 Å². The van der Waals surface area contributed by atoms with Crippen LogP contribution in [0.2, 0.25) is 0 Å². The maximum Gasteiger partial charge on any atom is 0.407 e. The number of pyridine rings is 4. The summed E-state index contributed by atoms with van der Waals surface area (Å²) >= 11 is 0. The fourth-order valence-electron chi connectivity index (χ4n) is 19.8. The molecule has 0 radical (unpaired) electrons. The SMILES string of the molecule is CC(C)(C)OC(=O)NCc1cccc(-c2ccc(CC(=O)C3(c4ccc5c(c4)OCO5)CC3)nc2)c1.CC1CCCN(S(=O)(=O)c2ccc(-c3cccc(CC(=O)C4(c5ccc6c(c5)OCO6)CC4)n3)cc2)C1.CNS(=O)(=O)c1ccc(-c2cnc(CC(=O)C3(c4ccc5c(c4)OCO5)CC3)c(C)c2C)cc1.NC(=O)[C@@H]1CCCN1S(=O)(=O)c1ccc(-c2cccc(CC(=O)C3(c4ccc5c(c4)OCO5)CC3)n2)cc1. The van der Waals surface area contributed by atoms with Gasteiger partial charge >= 0.3 is 6.09 Å². The molecule has 4 aliphatic carbocycles. The number of nitrogens with two attached hydrogens (primary N) is 1. The number of piperidine rings is 1. The van der Waals surface area contributed by atoms with E-state index in [2.05, 4.69) is 26.9 Å². The van der Waals surface area contributed by atoms with Gasteiger partial charge in [0, 0.05) is 104 Å². The van der Waals surface area contributed by atoms with Gasteiger partial charge in [0.1, 0.15) is 34.8 Å². The monoisotopic (exact) mass is 2020 g/mol. The van der Waals surface area contributed by atoms with Crippen molar-refractivity contribution in [3.05, 3.63) is 293 Å². The van der Waals surface area contributed by atoms with Crippen LogP contribution in [0.3, 0.4) is 0 Å². The molecule has 0 spiro atoms. The number of alkyl carbamates (subject to hydrolysis) is 1. The first-order valence-corrected chi connectivity index (χ1v) is 53.1. The van der Waals surface area contributed by atoms with Crippen LogP contribution in [-0.2, 0) is 113 Å². The maximum atomic E-state index is 13.4. The van der Waals surface area contributed by atoms with Gasteiger partial charge in [0.25, 0.3) is 0 Å². The molecule has 2 amide bonds. The summed E-state index contributed by atoms with van der Waals surface area (Å²) in [6.07, 6.45) is 13.6. The van der Waals surface area contributed by atoms with Gasteiger partial charge in [0.2, 0.25) is 63.1 Å². The molecule has 4 aromatic heterocycles. The number of sulfonamides is 3. The van der Waals surface area contributed by atoms with Crippen LogP contribution in [0.25, 0.3) is 44.8 Å². The van der Waals surface area contributed by atoms with Gasteiger partial charge in [0.05, 0.1) is 53.4 Å². The topological polar surface area (TPSA) is 396 Å². The second-order valence-corrected chi connectivity index (χ2v) is 45.3. The zero-order chi connectivity index (χ0) is 102. The molecule has 6 aliphatic heterocycles. The van der Waals surface area contributed by atoms with Crippen molar-refractivity contribution in [2.24, 2.45) is 11.7 Å². The molecule has 12 aromatic rings. The minimum atomic E-state index is -3.84. The summed E-state index contributed by atoms with van der Waals surface area (Å²) in [7, 11) is -9.45. The Hall–Kier alpha value is -14.1. The predicted molar refractivity (Wildman–Crippen MR) is 540 cm³/mol. The number of nitrogens with one attached hydrogen (secondary N) is 2. The number of ketones is 4. The lowest BCUT2D eigenvalue weighted by molar-refractivity contribution is -0.121. The molecule has 0 bridgehead atoms. The quantitative estimate of drug-likeness (QED) is 0.0392. The zero-order valence-electron chi connectivity index (χ0n) is 81.6. The summed E-state index contributed by atoms with van der Waals surface area (Å²) in [6.45, 7) is 14.2. The second kappa shape index (κ2) is 40.5. The van der Waals surface area contributed by atoms with E-state index in [4.69, 9.17) is 58.3 Å². The Kier molecular flexibility index (Phi) is 27.8. The van der Waals surface area contributed by atoms with Gasteiger partial charge in [-0.3, -0.25) is 43.9 Å². The number of Topliss-reactive ketones (excluding diaryl/α,β-unsaturated/α-hetero) is 4. The highest BCUT2D eigenvalue weighted by Gasteiger charge is 2.55. The number of rotatable bonds is 29. The molecular formula is C112H113N9O21S3. The van der Waals surface area contributed by atoms with E-state index < -0.39 is 75.4 Å². The van der Waals surface area contributed by atoms with E-state index >= 15 is 0 Å². The Labute approximate surface area is 842 Å². The van der Waals surface area contributed by atoms with E-state index in [0.29, 0.717) is 106 Å². The van der Waals surface area contributed by atoms with E-state index in [-0.39, 0.29) is 92.3 Å². The van der Waals surface area contributed by atoms with Crippen LogP contribution >= 0.6 is 0 Å². The lowest BCUT2D eigenvalue weighted by Crippen LogP contribution is -2.43. The third-order valence-electron chi connectivity index (χ3n) is 28.9. The van der Waals surface area contributed by atoms with Crippen LogP contribution < -0.4 is 53.7 Å². The predicted octanol–water partition coefficient (Wildman–Crippen LogP) is 16.9. The summed E-state index contributed by atoms with van der Waals surface area (Å²) in [5, 5.41) is 2.78. The number of aromatic nitrogens is 4. The molecule has 4 N–H and O–H groups in total. The molecule has 6 fully saturated rings. The standard InChI is InChI=1S/C29H30N2O5S.C29H30N2O5.C28H27N3O6S.C26H26N2O5S/c1-20-4-3-15-31(18-20)37(33,34)24-10-7-21(8-11-24)25-6-2-5-23(30-25)17-28(32)29(13-14-29)22-9-12-26-27(16-22)36-19-35-26;1-28(2,3)36-27(33)31-16-19-5-4-6-20(13-19)21-7-9-23(30-17-21)15-26(32)29(11-12-29)22-8-10-24-25(14-22)35-18-34-24;29-27(33)23-5-2-14-31(23)38(34,35)21-9-6-18(7-10-21)22-4-1-3-20(30-22)16-26(32)28(12-13-28)19-8-11-24-25(15-19)37-17-36-24;1-16-17(2)22(28-14-21(16)18-4-7-20(8-5-18)34(30,31)27-3)13-25(29)26(10-11-26)19-6-9-23-24(12-19)33-15-32-23/h2,5-12,16,20H,3-4,13-15,17-19H2,1H3;4-10,13-14,17H,11-12,15-16,18H2,1-3H3,(H,31,33);1,3-4,6-11,15,23H,2,5,12-14,16-17H2,(H2,29,33);4-9,12,14,27H,10-11,13,15H2,1-3H3/t;;23-;/m..0./s1. The third-order valence-corrected chi connectivity index (χ3v) is 34.1. The van der Waals surface area contributed by atoms with Crippen LogP contribution in [0, 0.1) is 19.8 Å². The highest BCUT2D eigenvalue weighted by Crippen LogP contribution is 2.56.